The second-order valence-corrected chi connectivity index (χ2v) is 7.66. The normalized spacial score (nSPS) is 31.5. The summed E-state index contributed by atoms with van der Waals surface area (Å²) in [5.74, 6) is 0.625. The molecule has 142 valence electrons. The Morgan fingerprint density at radius 3 is 3.00 bits per heavy atom. The highest BCUT2D eigenvalue weighted by molar-refractivity contribution is 5.89. The Bertz CT molecular complexity index is 634. The average Bonchev–Trinajstić information content (AvgIpc) is 3.31. The van der Waals surface area contributed by atoms with E-state index in [1.807, 2.05) is 0 Å². The van der Waals surface area contributed by atoms with Crippen LogP contribution in [0.2, 0.25) is 0 Å². The summed E-state index contributed by atoms with van der Waals surface area (Å²) < 4.78 is 0. The zero-order valence-corrected chi connectivity index (χ0v) is 15.0. The molecule has 3 aliphatic rings. The monoisotopic (exact) mass is 360 g/mol. The standard InChI is InChI=1S/C18H28N6O2/c25-17(6-5-15-13-3-1-2-4-14(13)22-23-15)24-8-7-20-18(26)16(24)9-12-10-19-11-21-12/h10-11,13-16,22-23H,1-9H2,(H,19,21)(H,20,26). The molecule has 1 aromatic heterocycles. The van der Waals surface area contributed by atoms with Gasteiger partial charge in [-0.1, -0.05) is 12.8 Å². The van der Waals surface area contributed by atoms with Gasteiger partial charge in [-0.25, -0.2) is 4.98 Å². The van der Waals surface area contributed by atoms with Gasteiger partial charge in [-0.3, -0.25) is 20.4 Å². The van der Waals surface area contributed by atoms with Crippen LogP contribution in [0.1, 0.15) is 44.2 Å². The van der Waals surface area contributed by atoms with E-state index in [1.165, 1.54) is 25.7 Å². The Morgan fingerprint density at radius 1 is 1.27 bits per heavy atom. The lowest BCUT2D eigenvalue weighted by atomic mass is 9.80. The molecular formula is C18H28N6O2. The molecular weight excluding hydrogens is 332 g/mol. The number of hydrazine groups is 1. The van der Waals surface area contributed by atoms with Crippen LogP contribution in [0.15, 0.2) is 12.5 Å². The molecule has 0 aromatic carbocycles. The first kappa shape index (κ1) is 17.5. The van der Waals surface area contributed by atoms with Crippen molar-refractivity contribution in [3.63, 3.8) is 0 Å². The largest absolute Gasteiger partial charge is 0.353 e. The van der Waals surface area contributed by atoms with Crippen LogP contribution in [0.4, 0.5) is 0 Å². The van der Waals surface area contributed by atoms with Crippen molar-refractivity contribution in [1.82, 2.24) is 31.0 Å². The quantitative estimate of drug-likeness (QED) is 0.596. The molecule has 1 saturated carbocycles. The smallest absolute Gasteiger partial charge is 0.243 e. The zero-order chi connectivity index (χ0) is 17.9. The lowest BCUT2D eigenvalue weighted by Crippen LogP contribution is -2.58. The van der Waals surface area contributed by atoms with E-state index in [1.54, 1.807) is 17.4 Å². The maximum absolute atomic E-state index is 12.9. The number of carbonyl (C=O) groups is 2. The lowest BCUT2D eigenvalue weighted by Gasteiger charge is -2.35. The van der Waals surface area contributed by atoms with E-state index in [0.717, 1.165) is 12.1 Å². The van der Waals surface area contributed by atoms with Gasteiger partial charge in [-0.2, -0.15) is 0 Å². The Morgan fingerprint density at radius 2 is 2.15 bits per heavy atom. The summed E-state index contributed by atoms with van der Waals surface area (Å²) in [4.78, 5) is 34.0. The summed E-state index contributed by atoms with van der Waals surface area (Å²) in [6.45, 7) is 1.10. The van der Waals surface area contributed by atoms with Crippen molar-refractivity contribution in [3.8, 4) is 0 Å². The highest BCUT2D eigenvalue weighted by Gasteiger charge is 2.38. The topological polar surface area (TPSA) is 102 Å². The maximum atomic E-state index is 12.9. The molecule has 8 heteroatoms. The number of piperazine rings is 1. The van der Waals surface area contributed by atoms with Gasteiger partial charge in [-0.15, -0.1) is 0 Å². The fourth-order valence-electron chi connectivity index (χ4n) is 4.67. The van der Waals surface area contributed by atoms with Gasteiger partial charge < -0.3 is 15.2 Å². The fourth-order valence-corrected chi connectivity index (χ4v) is 4.67. The van der Waals surface area contributed by atoms with Crippen LogP contribution in [0.3, 0.4) is 0 Å². The molecule has 8 nitrogen and oxygen atoms in total. The van der Waals surface area contributed by atoms with E-state index >= 15 is 0 Å². The first-order chi connectivity index (χ1) is 12.7. The maximum Gasteiger partial charge on any atom is 0.243 e. The second kappa shape index (κ2) is 7.75. The summed E-state index contributed by atoms with van der Waals surface area (Å²) in [5, 5.41) is 2.87. The molecule has 4 rings (SSSR count). The minimum Gasteiger partial charge on any atom is -0.353 e. The zero-order valence-electron chi connectivity index (χ0n) is 15.0. The van der Waals surface area contributed by atoms with Crippen molar-refractivity contribution in [2.75, 3.05) is 13.1 Å². The molecule has 2 saturated heterocycles. The van der Waals surface area contributed by atoms with E-state index < -0.39 is 6.04 Å². The summed E-state index contributed by atoms with van der Waals surface area (Å²) in [6, 6.07) is 0.459. The molecule has 4 N–H and O–H groups in total. The molecule has 2 aliphatic heterocycles. The van der Waals surface area contributed by atoms with E-state index in [4.69, 9.17) is 0 Å². The number of rotatable bonds is 5. The summed E-state index contributed by atoms with van der Waals surface area (Å²) in [6.07, 6.45) is 10.1. The van der Waals surface area contributed by atoms with Gasteiger partial charge >= 0.3 is 0 Å². The van der Waals surface area contributed by atoms with Crippen LogP contribution < -0.4 is 16.2 Å². The molecule has 4 atom stereocenters. The lowest BCUT2D eigenvalue weighted by molar-refractivity contribution is -0.143. The first-order valence-electron chi connectivity index (χ1n) is 9.78. The fraction of sp³-hybridized carbons (Fsp3) is 0.722. The van der Waals surface area contributed by atoms with Crippen molar-refractivity contribution >= 4 is 11.8 Å². The van der Waals surface area contributed by atoms with E-state index in [-0.39, 0.29) is 11.8 Å². The van der Waals surface area contributed by atoms with Crippen molar-refractivity contribution in [2.45, 2.75) is 63.1 Å². The number of imidazole rings is 1. The highest BCUT2D eigenvalue weighted by Crippen LogP contribution is 2.32. The Labute approximate surface area is 153 Å². The van der Waals surface area contributed by atoms with Gasteiger partial charge in [0.15, 0.2) is 0 Å². The number of H-pyrrole nitrogens is 1. The van der Waals surface area contributed by atoms with Crippen LogP contribution in [-0.2, 0) is 16.0 Å². The van der Waals surface area contributed by atoms with E-state index in [9.17, 15) is 9.59 Å². The SMILES string of the molecule is O=C1NCCN(C(=O)CCC2NNC3CCCCC32)C1Cc1cnc[nH]1. The van der Waals surface area contributed by atoms with Gasteiger partial charge in [0.2, 0.25) is 11.8 Å². The molecule has 4 unspecified atom stereocenters. The molecule has 0 bridgehead atoms. The Kier molecular flexibility index (Phi) is 5.21. The van der Waals surface area contributed by atoms with Gasteiger partial charge in [0.05, 0.1) is 6.33 Å². The number of fused-ring (bicyclic) bond motifs is 1. The van der Waals surface area contributed by atoms with Crippen LogP contribution >= 0.6 is 0 Å². The number of nitrogens with one attached hydrogen (secondary N) is 4. The number of hydrogen-bond acceptors (Lipinski definition) is 5. The minimum atomic E-state index is -0.450. The predicted octanol–water partition coefficient (Wildman–Crippen LogP) is 0.0946. The number of aromatic amines is 1. The van der Waals surface area contributed by atoms with Crippen molar-refractivity contribution in [2.24, 2.45) is 5.92 Å². The molecule has 2 amide bonds. The van der Waals surface area contributed by atoms with Gasteiger partial charge in [0.1, 0.15) is 6.04 Å². The first-order valence-corrected chi connectivity index (χ1v) is 9.78. The summed E-state index contributed by atoms with van der Waals surface area (Å²) >= 11 is 0. The van der Waals surface area contributed by atoms with Crippen LogP contribution in [0.25, 0.3) is 0 Å². The third-order valence-electron chi connectivity index (χ3n) is 6.08. The molecule has 0 radical (unpaired) electrons. The molecule has 3 heterocycles. The molecule has 1 aromatic rings. The Hall–Kier alpha value is -1.93. The van der Waals surface area contributed by atoms with Crippen molar-refractivity contribution in [3.05, 3.63) is 18.2 Å². The van der Waals surface area contributed by atoms with Crippen molar-refractivity contribution < 1.29 is 9.59 Å². The van der Waals surface area contributed by atoms with Gasteiger partial charge in [0.25, 0.3) is 0 Å². The number of amides is 2. The van der Waals surface area contributed by atoms with Crippen LogP contribution in [0.5, 0.6) is 0 Å². The van der Waals surface area contributed by atoms with Gasteiger partial charge in [-0.05, 0) is 25.2 Å². The summed E-state index contributed by atoms with van der Waals surface area (Å²) in [7, 11) is 0. The predicted molar refractivity (Wildman–Crippen MR) is 95.8 cm³/mol. The molecule has 1 aliphatic carbocycles. The number of hydrogen-bond donors (Lipinski definition) is 4. The number of nitrogens with zero attached hydrogens (tertiary/aromatic N) is 2. The molecule has 3 fully saturated rings. The Balaban J connectivity index is 1.35. The van der Waals surface area contributed by atoms with Gasteiger partial charge in [0, 0.05) is 49.9 Å². The van der Waals surface area contributed by atoms with E-state index in [0.29, 0.717) is 43.9 Å². The number of carbonyl (C=O) groups excluding carboxylic acids is 2. The summed E-state index contributed by atoms with van der Waals surface area (Å²) in [5.41, 5.74) is 7.68. The van der Waals surface area contributed by atoms with Crippen LogP contribution in [0, 0.1) is 5.92 Å². The highest BCUT2D eigenvalue weighted by atomic mass is 16.2. The number of aromatic nitrogens is 2. The van der Waals surface area contributed by atoms with Crippen molar-refractivity contribution in [1.29, 1.82) is 0 Å². The average molecular weight is 360 g/mol. The minimum absolute atomic E-state index is 0.0745. The molecule has 0 spiro atoms. The third-order valence-corrected chi connectivity index (χ3v) is 6.08. The van der Waals surface area contributed by atoms with E-state index in [2.05, 4.69) is 26.1 Å². The van der Waals surface area contributed by atoms with Crippen LogP contribution in [-0.4, -0.2) is 57.9 Å². The molecule has 26 heavy (non-hydrogen) atoms. The second-order valence-electron chi connectivity index (χ2n) is 7.66. The third kappa shape index (κ3) is 3.61.